The number of fused-ring (bicyclic) bond motifs is 1. The molecule has 0 spiro atoms. The minimum Gasteiger partial charge on any atom is -0.361 e. The standard InChI is InChI=1S/C12H12BrN/c1-7-6-10(8-2-3-8)11(13)9-4-5-14-12(7)9/h4-6,8,14H,2-3H2,1H3. The maximum absolute atomic E-state index is 3.72. The lowest BCUT2D eigenvalue weighted by atomic mass is 10.0. The van der Waals surface area contributed by atoms with E-state index in [0.717, 1.165) is 5.92 Å². The zero-order valence-electron chi connectivity index (χ0n) is 8.10. The Hall–Kier alpha value is -0.760. The Morgan fingerprint density at radius 3 is 2.93 bits per heavy atom. The van der Waals surface area contributed by atoms with E-state index in [0.29, 0.717) is 0 Å². The maximum Gasteiger partial charge on any atom is 0.0495 e. The molecule has 0 unspecified atom stereocenters. The second-order valence-electron chi connectivity index (χ2n) is 4.14. The van der Waals surface area contributed by atoms with Crippen LogP contribution in [-0.4, -0.2) is 4.98 Å². The lowest BCUT2D eigenvalue weighted by Gasteiger charge is -2.06. The number of H-pyrrole nitrogens is 1. The molecular weight excluding hydrogens is 238 g/mol. The topological polar surface area (TPSA) is 15.8 Å². The Morgan fingerprint density at radius 1 is 1.43 bits per heavy atom. The van der Waals surface area contributed by atoms with Crippen molar-refractivity contribution in [3.05, 3.63) is 33.9 Å². The molecule has 0 atom stereocenters. The zero-order chi connectivity index (χ0) is 9.71. The lowest BCUT2D eigenvalue weighted by molar-refractivity contribution is 1.12. The molecule has 1 N–H and O–H groups in total. The van der Waals surface area contributed by atoms with Gasteiger partial charge in [0, 0.05) is 21.6 Å². The molecule has 3 rings (SSSR count). The number of hydrogen-bond acceptors (Lipinski definition) is 0. The quantitative estimate of drug-likeness (QED) is 0.783. The van der Waals surface area contributed by atoms with E-state index in [1.165, 1.54) is 39.3 Å². The summed E-state index contributed by atoms with van der Waals surface area (Å²) in [5, 5.41) is 1.33. The second-order valence-corrected chi connectivity index (χ2v) is 4.93. The summed E-state index contributed by atoms with van der Waals surface area (Å²) in [6.07, 6.45) is 4.72. The predicted octanol–water partition coefficient (Wildman–Crippen LogP) is 4.12. The van der Waals surface area contributed by atoms with Crippen LogP contribution >= 0.6 is 15.9 Å². The van der Waals surface area contributed by atoms with Crippen molar-refractivity contribution in [1.29, 1.82) is 0 Å². The van der Waals surface area contributed by atoms with Crippen LogP contribution in [0.4, 0.5) is 0 Å². The number of benzene rings is 1. The summed E-state index contributed by atoms with van der Waals surface area (Å²) in [5.41, 5.74) is 4.12. The van der Waals surface area contributed by atoms with Crippen molar-refractivity contribution < 1.29 is 0 Å². The van der Waals surface area contributed by atoms with Crippen molar-refractivity contribution in [3.63, 3.8) is 0 Å². The maximum atomic E-state index is 3.72. The molecule has 2 aromatic rings. The van der Waals surface area contributed by atoms with E-state index in [1.807, 2.05) is 6.20 Å². The first-order chi connectivity index (χ1) is 6.77. The summed E-state index contributed by atoms with van der Waals surface area (Å²) in [6, 6.07) is 4.47. The van der Waals surface area contributed by atoms with Crippen LogP contribution in [-0.2, 0) is 0 Å². The van der Waals surface area contributed by atoms with Crippen LogP contribution in [0.15, 0.2) is 22.8 Å². The van der Waals surface area contributed by atoms with Gasteiger partial charge in [-0.05, 0) is 58.8 Å². The minimum atomic E-state index is 0.808. The molecule has 1 nitrogen and oxygen atoms in total. The van der Waals surface area contributed by atoms with Crippen LogP contribution in [0.3, 0.4) is 0 Å². The highest BCUT2D eigenvalue weighted by molar-refractivity contribution is 9.10. The molecule has 1 saturated carbocycles. The van der Waals surface area contributed by atoms with E-state index >= 15 is 0 Å². The first-order valence-electron chi connectivity index (χ1n) is 5.03. The van der Waals surface area contributed by atoms with Gasteiger partial charge in [-0.25, -0.2) is 0 Å². The fraction of sp³-hybridized carbons (Fsp3) is 0.333. The van der Waals surface area contributed by atoms with Crippen LogP contribution in [0.1, 0.15) is 29.9 Å². The highest BCUT2D eigenvalue weighted by atomic mass is 79.9. The molecule has 0 amide bonds. The predicted molar refractivity (Wildman–Crippen MR) is 62.7 cm³/mol. The number of hydrogen-bond donors (Lipinski definition) is 1. The Morgan fingerprint density at radius 2 is 2.21 bits per heavy atom. The van der Waals surface area contributed by atoms with E-state index in [4.69, 9.17) is 0 Å². The fourth-order valence-corrected chi connectivity index (χ4v) is 2.86. The summed E-state index contributed by atoms with van der Waals surface area (Å²) >= 11 is 3.72. The van der Waals surface area contributed by atoms with E-state index in [1.54, 1.807) is 0 Å². The summed E-state index contributed by atoms with van der Waals surface area (Å²) in [7, 11) is 0. The minimum absolute atomic E-state index is 0.808. The molecule has 0 bridgehead atoms. The summed E-state index contributed by atoms with van der Waals surface area (Å²) in [4.78, 5) is 3.29. The molecule has 0 radical (unpaired) electrons. The fourth-order valence-electron chi connectivity index (χ4n) is 2.09. The Labute approximate surface area is 91.6 Å². The largest absolute Gasteiger partial charge is 0.361 e. The molecule has 1 heterocycles. The Balaban J connectivity index is 2.35. The normalized spacial score (nSPS) is 16.4. The number of aromatic nitrogens is 1. The van der Waals surface area contributed by atoms with E-state index in [-0.39, 0.29) is 0 Å². The van der Waals surface area contributed by atoms with Gasteiger partial charge in [0.15, 0.2) is 0 Å². The highest BCUT2D eigenvalue weighted by Crippen LogP contribution is 2.45. The van der Waals surface area contributed by atoms with Crippen molar-refractivity contribution in [2.45, 2.75) is 25.7 Å². The first-order valence-corrected chi connectivity index (χ1v) is 5.83. The molecule has 72 valence electrons. The van der Waals surface area contributed by atoms with Crippen LogP contribution in [0.25, 0.3) is 10.9 Å². The molecular formula is C12H12BrN. The zero-order valence-corrected chi connectivity index (χ0v) is 9.69. The van der Waals surface area contributed by atoms with Gasteiger partial charge in [0.2, 0.25) is 0 Å². The third-order valence-electron chi connectivity index (χ3n) is 3.02. The van der Waals surface area contributed by atoms with E-state index in [9.17, 15) is 0 Å². The summed E-state index contributed by atoms with van der Waals surface area (Å²) < 4.78 is 1.29. The van der Waals surface area contributed by atoms with Crippen LogP contribution in [0, 0.1) is 6.92 Å². The molecule has 14 heavy (non-hydrogen) atoms. The molecule has 1 fully saturated rings. The second kappa shape index (κ2) is 2.86. The third-order valence-corrected chi connectivity index (χ3v) is 3.91. The van der Waals surface area contributed by atoms with Crippen molar-refractivity contribution in [2.75, 3.05) is 0 Å². The Bertz CT molecular complexity index is 494. The summed E-state index contributed by atoms with van der Waals surface area (Å²) in [6.45, 7) is 2.18. The monoisotopic (exact) mass is 249 g/mol. The third kappa shape index (κ3) is 1.13. The average molecular weight is 250 g/mol. The number of nitrogens with one attached hydrogen (secondary N) is 1. The first kappa shape index (κ1) is 8.54. The summed E-state index contributed by atoms with van der Waals surface area (Å²) in [5.74, 6) is 0.808. The van der Waals surface area contributed by atoms with Gasteiger partial charge in [0.1, 0.15) is 0 Å². The molecule has 1 aromatic heterocycles. The number of aryl methyl sites for hydroxylation is 1. The molecule has 1 aliphatic rings. The van der Waals surface area contributed by atoms with Crippen LogP contribution < -0.4 is 0 Å². The number of aromatic amines is 1. The van der Waals surface area contributed by atoms with Gasteiger partial charge >= 0.3 is 0 Å². The van der Waals surface area contributed by atoms with Crippen molar-refractivity contribution in [2.24, 2.45) is 0 Å². The van der Waals surface area contributed by atoms with Crippen molar-refractivity contribution >= 4 is 26.8 Å². The van der Waals surface area contributed by atoms with Gasteiger partial charge in [0.05, 0.1) is 0 Å². The van der Waals surface area contributed by atoms with Gasteiger partial charge in [-0.3, -0.25) is 0 Å². The van der Waals surface area contributed by atoms with E-state index < -0.39 is 0 Å². The number of rotatable bonds is 1. The molecule has 0 aliphatic heterocycles. The Kier molecular flexibility index (Phi) is 1.75. The number of halogens is 1. The molecule has 0 saturated heterocycles. The van der Waals surface area contributed by atoms with Gasteiger partial charge < -0.3 is 4.98 Å². The average Bonchev–Trinajstić information content (AvgIpc) is 2.88. The van der Waals surface area contributed by atoms with Crippen molar-refractivity contribution in [1.82, 2.24) is 4.98 Å². The highest BCUT2D eigenvalue weighted by Gasteiger charge is 2.26. The van der Waals surface area contributed by atoms with Gasteiger partial charge in [0.25, 0.3) is 0 Å². The van der Waals surface area contributed by atoms with Crippen LogP contribution in [0.2, 0.25) is 0 Å². The van der Waals surface area contributed by atoms with Gasteiger partial charge in [-0.15, -0.1) is 0 Å². The molecule has 2 heteroatoms. The van der Waals surface area contributed by atoms with Gasteiger partial charge in [-0.1, -0.05) is 6.07 Å². The smallest absolute Gasteiger partial charge is 0.0495 e. The van der Waals surface area contributed by atoms with Gasteiger partial charge in [-0.2, -0.15) is 0 Å². The van der Waals surface area contributed by atoms with Crippen molar-refractivity contribution in [3.8, 4) is 0 Å². The van der Waals surface area contributed by atoms with E-state index in [2.05, 4.69) is 40.0 Å². The molecule has 1 aromatic carbocycles. The lowest BCUT2D eigenvalue weighted by Crippen LogP contribution is -1.86. The molecule has 1 aliphatic carbocycles. The van der Waals surface area contributed by atoms with Crippen LogP contribution in [0.5, 0.6) is 0 Å². The SMILES string of the molecule is Cc1cc(C2CC2)c(Br)c2cc[nH]c12.